The zero-order valence-corrected chi connectivity index (χ0v) is 8.85. The van der Waals surface area contributed by atoms with Gasteiger partial charge in [-0.3, -0.25) is 0 Å². The van der Waals surface area contributed by atoms with Crippen molar-refractivity contribution in [2.45, 2.75) is 19.4 Å². The first kappa shape index (κ1) is 13.4. The molecule has 0 aliphatic heterocycles. The molecule has 14 heavy (non-hydrogen) atoms. The van der Waals surface area contributed by atoms with Gasteiger partial charge in [-0.1, -0.05) is 12.1 Å². The van der Waals surface area contributed by atoms with Gasteiger partial charge in [-0.15, -0.1) is 12.4 Å². The third-order valence-corrected chi connectivity index (χ3v) is 1.95. The van der Waals surface area contributed by atoms with Gasteiger partial charge in [-0.05, 0) is 30.5 Å². The van der Waals surface area contributed by atoms with Crippen LogP contribution in [-0.4, -0.2) is 17.8 Å². The normalized spacial score (nSPS) is 12.0. The second-order valence-electron chi connectivity index (χ2n) is 3.23. The van der Waals surface area contributed by atoms with Crippen molar-refractivity contribution < 1.29 is 9.50 Å². The van der Waals surface area contributed by atoms with Crippen LogP contribution in [0.3, 0.4) is 0 Å². The molecule has 1 unspecified atom stereocenters. The van der Waals surface area contributed by atoms with Crippen molar-refractivity contribution in [3.05, 3.63) is 35.1 Å². The quantitative estimate of drug-likeness (QED) is 0.808. The number of nitrogens with two attached hydrogens (primary N) is 1. The molecule has 0 aliphatic rings. The summed E-state index contributed by atoms with van der Waals surface area (Å²) in [5.74, 6) is -0.207. The minimum absolute atomic E-state index is 0. The Labute approximate surface area is 89.3 Å². The Morgan fingerprint density at radius 1 is 1.50 bits per heavy atom. The van der Waals surface area contributed by atoms with Crippen molar-refractivity contribution in [2.75, 3.05) is 6.61 Å². The zero-order chi connectivity index (χ0) is 9.84. The third-order valence-electron chi connectivity index (χ3n) is 1.95. The number of aliphatic hydroxyl groups excluding tert-OH is 1. The van der Waals surface area contributed by atoms with Gasteiger partial charge < -0.3 is 10.8 Å². The molecule has 0 aliphatic carbocycles. The monoisotopic (exact) mass is 219 g/mol. The minimum Gasteiger partial charge on any atom is -0.395 e. The van der Waals surface area contributed by atoms with Gasteiger partial charge in [0.1, 0.15) is 5.82 Å². The molecule has 0 heterocycles. The van der Waals surface area contributed by atoms with Crippen LogP contribution in [0.2, 0.25) is 0 Å². The number of benzene rings is 1. The van der Waals surface area contributed by atoms with Gasteiger partial charge >= 0.3 is 0 Å². The highest BCUT2D eigenvalue weighted by Gasteiger charge is 2.03. The van der Waals surface area contributed by atoms with E-state index >= 15 is 0 Å². The Morgan fingerprint density at radius 2 is 2.14 bits per heavy atom. The fourth-order valence-corrected chi connectivity index (χ4v) is 1.20. The highest BCUT2D eigenvalue weighted by atomic mass is 35.5. The molecule has 0 amide bonds. The molecule has 0 radical (unpaired) electrons. The van der Waals surface area contributed by atoms with Crippen molar-refractivity contribution >= 4 is 12.4 Å². The van der Waals surface area contributed by atoms with E-state index in [2.05, 4.69) is 0 Å². The van der Waals surface area contributed by atoms with Gasteiger partial charge in [-0.2, -0.15) is 0 Å². The molecule has 0 saturated carbocycles. The van der Waals surface area contributed by atoms with Crippen molar-refractivity contribution in [1.82, 2.24) is 0 Å². The van der Waals surface area contributed by atoms with Gasteiger partial charge in [0.05, 0.1) is 6.61 Å². The van der Waals surface area contributed by atoms with E-state index in [0.29, 0.717) is 12.0 Å². The smallest absolute Gasteiger partial charge is 0.126 e. The summed E-state index contributed by atoms with van der Waals surface area (Å²) >= 11 is 0. The van der Waals surface area contributed by atoms with Crippen LogP contribution < -0.4 is 5.73 Å². The minimum atomic E-state index is -0.259. The second-order valence-corrected chi connectivity index (χ2v) is 3.23. The lowest BCUT2D eigenvalue weighted by atomic mass is 10.0. The van der Waals surface area contributed by atoms with Gasteiger partial charge in [0.2, 0.25) is 0 Å². The van der Waals surface area contributed by atoms with E-state index in [-0.39, 0.29) is 30.9 Å². The Hall–Kier alpha value is -0.640. The number of halogens is 2. The largest absolute Gasteiger partial charge is 0.395 e. The number of rotatable bonds is 3. The topological polar surface area (TPSA) is 46.2 Å². The van der Waals surface area contributed by atoms with E-state index in [1.807, 2.05) is 0 Å². The van der Waals surface area contributed by atoms with Crippen LogP contribution in [-0.2, 0) is 6.42 Å². The molecule has 1 rings (SSSR count). The van der Waals surface area contributed by atoms with Crippen LogP contribution in [0, 0.1) is 12.7 Å². The number of hydrogen-bond donors (Lipinski definition) is 2. The standard InChI is InChI=1S/C10H14FNO.ClH/c1-7-4-8(2-3-10(7)11)5-9(12)6-13;/h2-4,9,13H,5-6,12H2,1H3;1H. The predicted octanol–water partition coefficient (Wildman–Crippen LogP) is 1.42. The zero-order valence-electron chi connectivity index (χ0n) is 8.03. The molecule has 1 aromatic rings. The molecule has 0 saturated heterocycles. The fourth-order valence-electron chi connectivity index (χ4n) is 1.20. The molecule has 2 nitrogen and oxygen atoms in total. The molecular formula is C10H15ClFNO. The Morgan fingerprint density at radius 3 is 2.64 bits per heavy atom. The van der Waals surface area contributed by atoms with Gasteiger partial charge in [-0.25, -0.2) is 4.39 Å². The highest BCUT2D eigenvalue weighted by molar-refractivity contribution is 5.85. The first-order valence-electron chi connectivity index (χ1n) is 4.25. The predicted molar refractivity (Wildman–Crippen MR) is 57.2 cm³/mol. The van der Waals surface area contributed by atoms with E-state index in [4.69, 9.17) is 10.8 Å². The van der Waals surface area contributed by atoms with Crippen LogP contribution in [0.1, 0.15) is 11.1 Å². The first-order valence-corrected chi connectivity index (χ1v) is 4.25. The Kier molecular flexibility index (Phi) is 5.69. The third kappa shape index (κ3) is 3.62. The summed E-state index contributed by atoms with van der Waals surface area (Å²) in [7, 11) is 0. The fraction of sp³-hybridized carbons (Fsp3) is 0.400. The van der Waals surface area contributed by atoms with Crippen molar-refractivity contribution in [1.29, 1.82) is 0 Å². The lowest BCUT2D eigenvalue weighted by Gasteiger charge is -2.08. The summed E-state index contributed by atoms with van der Waals surface area (Å²) in [5.41, 5.74) is 7.12. The molecule has 4 heteroatoms. The van der Waals surface area contributed by atoms with Crippen molar-refractivity contribution in [3.63, 3.8) is 0 Å². The number of hydrogen-bond acceptors (Lipinski definition) is 2. The molecular weight excluding hydrogens is 205 g/mol. The molecule has 0 bridgehead atoms. The highest BCUT2D eigenvalue weighted by Crippen LogP contribution is 2.10. The molecule has 0 aromatic heterocycles. The first-order chi connectivity index (χ1) is 6.13. The molecule has 1 atom stereocenters. The summed E-state index contributed by atoms with van der Waals surface area (Å²) in [6.45, 7) is 1.67. The maximum atomic E-state index is 12.8. The average Bonchev–Trinajstić information content (AvgIpc) is 2.11. The molecule has 0 spiro atoms. The lowest BCUT2D eigenvalue weighted by Crippen LogP contribution is -2.26. The maximum absolute atomic E-state index is 12.8. The van der Waals surface area contributed by atoms with Crippen LogP contribution in [0.5, 0.6) is 0 Å². The van der Waals surface area contributed by atoms with Gasteiger partial charge in [0, 0.05) is 6.04 Å². The summed E-state index contributed by atoms with van der Waals surface area (Å²) in [5, 5.41) is 8.72. The summed E-state index contributed by atoms with van der Waals surface area (Å²) in [6.07, 6.45) is 0.581. The molecule has 0 fully saturated rings. The van der Waals surface area contributed by atoms with Gasteiger partial charge in [0.15, 0.2) is 0 Å². The molecule has 3 N–H and O–H groups in total. The van der Waals surface area contributed by atoms with Crippen LogP contribution >= 0.6 is 12.4 Å². The lowest BCUT2D eigenvalue weighted by molar-refractivity contribution is 0.265. The second kappa shape index (κ2) is 5.96. The number of aliphatic hydroxyl groups is 1. The molecule has 80 valence electrons. The van der Waals surface area contributed by atoms with E-state index in [9.17, 15) is 4.39 Å². The summed E-state index contributed by atoms with van der Waals surface area (Å²) in [6, 6.07) is 4.61. The summed E-state index contributed by atoms with van der Waals surface area (Å²) < 4.78 is 12.8. The van der Waals surface area contributed by atoms with E-state index in [0.717, 1.165) is 5.56 Å². The van der Waals surface area contributed by atoms with Crippen molar-refractivity contribution in [3.8, 4) is 0 Å². The number of aryl methyl sites for hydroxylation is 1. The van der Waals surface area contributed by atoms with E-state index in [1.54, 1.807) is 19.1 Å². The van der Waals surface area contributed by atoms with E-state index < -0.39 is 0 Å². The Bertz CT molecular complexity index is 293. The van der Waals surface area contributed by atoms with Crippen molar-refractivity contribution in [2.24, 2.45) is 5.73 Å². The SMILES string of the molecule is Cc1cc(CC(N)CO)ccc1F.Cl. The average molecular weight is 220 g/mol. The van der Waals surface area contributed by atoms with Crippen LogP contribution in [0.15, 0.2) is 18.2 Å². The van der Waals surface area contributed by atoms with Crippen LogP contribution in [0.25, 0.3) is 0 Å². The van der Waals surface area contributed by atoms with Gasteiger partial charge in [0.25, 0.3) is 0 Å². The van der Waals surface area contributed by atoms with Crippen LogP contribution in [0.4, 0.5) is 4.39 Å². The Balaban J connectivity index is 0.00000169. The van der Waals surface area contributed by atoms with E-state index in [1.165, 1.54) is 6.07 Å². The molecule has 1 aromatic carbocycles. The maximum Gasteiger partial charge on any atom is 0.126 e. The summed E-state index contributed by atoms with van der Waals surface area (Å²) in [4.78, 5) is 0.